The van der Waals surface area contributed by atoms with Crippen LogP contribution >= 0.6 is 15.9 Å². The number of benzene rings is 1. The van der Waals surface area contributed by atoms with Gasteiger partial charge in [0.2, 0.25) is 0 Å². The van der Waals surface area contributed by atoms with Gasteiger partial charge in [0.05, 0.1) is 5.52 Å². The van der Waals surface area contributed by atoms with Crippen molar-refractivity contribution in [2.75, 3.05) is 6.61 Å². The van der Waals surface area contributed by atoms with Gasteiger partial charge in [-0.1, -0.05) is 34.5 Å². The van der Waals surface area contributed by atoms with Crippen molar-refractivity contribution in [1.29, 1.82) is 0 Å². The third-order valence-corrected chi connectivity index (χ3v) is 4.94. The summed E-state index contributed by atoms with van der Waals surface area (Å²) < 4.78 is 1.08. The summed E-state index contributed by atoms with van der Waals surface area (Å²) >= 11 is 3.58. The van der Waals surface area contributed by atoms with Gasteiger partial charge in [-0.2, -0.15) is 0 Å². The Balaban J connectivity index is 1.79. The van der Waals surface area contributed by atoms with Crippen LogP contribution < -0.4 is 5.32 Å². The second kappa shape index (κ2) is 6.20. The van der Waals surface area contributed by atoms with E-state index in [1.165, 1.54) is 12.0 Å². The van der Waals surface area contributed by atoms with E-state index in [1.54, 1.807) is 0 Å². The summed E-state index contributed by atoms with van der Waals surface area (Å²) in [5, 5.41) is 14.1. The lowest BCUT2D eigenvalue weighted by atomic mass is 10.0. The molecule has 106 valence electrons. The number of nitrogens with zero attached hydrogens (tertiary/aromatic N) is 1. The molecule has 1 aromatic heterocycles. The molecule has 1 saturated carbocycles. The van der Waals surface area contributed by atoms with Crippen LogP contribution in [0.4, 0.5) is 0 Å². The molecule has 3 nitrogen and oxygen atoms in total. The molecule has 4 heteroatoms. The smallest absolute Gasteiger partial charge is 0.0758 e. The van der Waals surface area contributed by atoms with Gasteiger partial charge in [0.25, 0.3) is 0 Å². The minimum atomic E-state index is 0.289. The monoisotopic (exact) mass is 334 g/mol. The van der Waals surface area contributed by atoms with Crippen molar-refractivity contribution in [3.63, 3.8) is 0 Å². The Morgan fingerprint density at radius 3 is 3.05 bits per heavy atom. The van der Waals surface area contributed by atoms with E-state index in [0.29, 0.717) is 12.0 Å². The van der Waals surface area contributed by atoms with E-state index >= 15 is 0 Å². The van der Waals surface area contributed by atoms with E-state index in [1.807, 2.05) is 12.3 Å². The standard InChI is InChI=1S/C16H19BrN2O/c17-14-7-6-11(16-13(14)4-2-8-18-16)9-19-15-5-1-3-12(15)10-20/h2,4,6-8,12,15,19-20H,1,3,5,9-10H2. The maximum absolute atomic E-state index is 9.38. The third-order valence-electron chi connectivity index (χ3n) is 4.25. The number of halogens is 1. The molecular formula is C16H19BrN2O. The fourth-order valence-electron chi connectivity index (χ4n) is 3.10. The highest BCUT2D eigenvalue weighted by molar-refractivity contribution is 9.10. The SMILES string of the molecule is OCC1CCCC1NCc1ccc(Br)c2cccnc12. The highest BCUT2D eigenvalue weighted by Gasteiger charge is 2.26. The van der Waals surface area contributed by atoms with Gasteiger partial charge >= 0.3 is 0 Å². The summed E-state index contributed by atoms with van der Waals surface area (Å²) in [7, 11) is 0. The molecule has 3 rings (SSSR count). The molecule has 2 aromatic rings. The molecule has 1 heterocycles. The van der Waals surface area contributed by atoms with Crippen LogP contribution in [0.2, 0.25) is 0 Å². The Hall–Kier alpha value is -0.970. The number of rotatable bonds is 4. The van der Waals surface area contributed by atoms with Crippen molar-refractivity contribution in [3.05, 3.63) is 40.5 Å². The molecule has 2 N–H and O–H groups in total. The van der Waals surface area contributed by atoms with Gasteiger partial charge in [-0.15, -0.1) is 0 Å². The van der Waals surface area contributed by atoms with Crippen molar-refractivity contribution >= 4 is 26.8 Å². The number of aliphatic hydroxyl groups excluding tert-OH is 1. The molecular weight excluding hydrogens is 316 g/mol. The van der Waals surface area contributed by atoms with E-state index in [2.05, 4.69) is 44.4 Å². The zero-order valence-electron chi connectivity index (χ0n) is 11.3. The average molecular weight is 335 g/mol. The van der Waals surface area contributed by atoms with E-state index in [4.69, 9.17) is 0 Å². The fraction of sp³-hybridized carbons (Fsp3) is 0.438. The molecule has 1 aliphatic rings. The third kappa shape index (κ3) is 2.73. The summed E-state index contributed by atoms with van der Waals surface area (Å²) in [6.45, 7) is 1.10. The van der Waals surface area contributed by atoms with Crippen LogP contribution in [0, 0.1) is 5.92 Å². The molecule has 0 spiro atoms. The molecule has 1 aliphatic carbocycles. The first kappa shape index (κ1) is 14.0. The quantitative estimate of drug-likeness (QED) is 0.902. The Morgan fingerprint density at radius 1 is 1.30 bits per heavy atom. The Kier molecular flexibility index (Phi) is 4.34. The number of aromatic nitrogens is 1. The van der Waals surface area contributed by atoms with Gasteiger partial charge in [0, 0.05) is 35.2 Å². The average Bonchev–Trinajstić information content (AvgIpc) is 2.94. The second-order valence-electron chi connectivity index (χ2n) is 5.47. The zero-order chi connectivity index (χ0) is 13.9. The number of nitrogens with one attached hydrogen (secondary N) is 1. The summed E-state index contributed by atoms with van der Waals surface area (Å²) in [6.07, 6.45) is 5.34. The van der Waals surface area contributed by atoms with Crippen LogP contribution in [0.15, 0.2) is 34.9 Å². The zero-order valence-corrected chi connectivity index (χ0v) is 12.9. The van der Waals surface area contributed by atoms with E-state index < -0.39 is 0 Å². The molecule has 1 aromatic carbocycles. The number of aliphatic hydroxyl groups is 1. The van der Waals surface area contributed by atoms with Crippen LogP contribution in [0.5, 0.6) is 0 Å². The van der Waals surface area contributed by atoms with Gasteiger partial charge in [-0.05, 0) is 36.5 Å². The predicted octanol–water partition coefficient (Wildman–Crippen LogP) is 3.25. The van der Waals surface area contributed by atoms with E-state index in [-0.39, 0.29) is 6.61 Å². The largest absolute Gasteiger partial charge is 0.396 e. The van der Waals surface area contributed by atoms with Crippen molar-refractivity contribution in [2.45, 2.75) is 31.8 Å². The maximum Gasteiger partial charge on any atom is 0.0758 e. The molecule has 2 unspecified atom stereocenters. The normalized spacial score (nSPS) is 22.5. The Morgan fingerprint density at radius 2 is 2.20 bits per heavy atom. The number of hydrogen-bond donors (Lipinski definition) is 2. The second-order valence-corrected chi connectivity index (χ2v) is 6.32. The predicted molar refractivity (Wildman–Crippen MR) is 84.5 cm³/mol. The molecule has 0 saturated heterocycles. The first-order chi connectivity index (χ1) is 9.79. The minimum absolute atomic E-state index is 0.289. The Labute approximate surface area is 127 Å². The molecule has 2 atom stereocenters. The van der Waals surface area contributed by atoms with Crippen LogP contribution in [-0.4, -0.2) is 22.7 Å². The van der Waals surface area contributed by atoms with Crippen molar-refractivity contribution in [3.8, 4) is 0 Å². The van der Waals surface area contributed by atoms with E-state index in [9.17, 15) is 5.11 Å². The number of fused-ring (bicyclic) bond motifs is 1. The highest BCUT2D eigenvalue weighted by Crippen LogP contribution is 2.27. The topological polar surface area (TPSA) is 45.1 Å². The van der Waals surface area contributed by atoms with Crippen molar-refractivity contribution in [2.24, 2.45) is 5.92 Å². The van der Waals surface area contributed by atoms with Gasteiger partial charge in [-0.25, -0.2) is 0 Å². The van der Waals surface area contributed by atoms with E-state index in [0.717, 1.165) is 34.8 Å². The molecule has 20 heavy (non-hydrogen) atoms. The van der Waals surface area contributed by atoms with Crippen molar-refractivity contribution < 1.29 is 5.11 Å². The minimum Gasteiger partial charge on any atom is -0.396 e. The first-order valence-electron chi connectivity index (χ1n) is 7.16. The Bertz CT molecular complexity index is 602. The summed E-state index contributed by atoms with van der Waals surface area (Å²) in [4.78, 5) is 4.51. The van der Waals surface area contributed by atoms with Gasteiger partial charge in [0.15, 0.2) is 0 Å². The maximum atomic E-state index is 9.38. The molecule has 0 aliphatic heterocycles. The molecule has 1 fully saturated rings. The molecule has 0 radical (unpaired) electrons. The lowest BCUT2D eigenvalue weighted by molar-refractivity contribution is 0.205. The van der Waals surface area contributed by atoms with Gasteiger partial charge < -0.3 is 10.4 Å². The lowest BCUT2D eigenvalue weighted by Crippen LogP contribution is -2.33. The highest BCUT2D eigenvalue weighted by atomic mass is 79.9. The summed E-state index contributed by atoms with van der Waals surface area (Å²) in [5.41, 5.74) is 2.26. The van der Waals surface area contributed by atoms with Crippen LogP contribution in [0.25, 0.3) is 10.9 Å². The fourth-order valence-corrected chi connectivity index (χ4v) is 3.56. The number of hydrogen-bond acceptors (Lipinski definition) is 3. The van der Waals surface area contributed by atoms with Gasteiger partial charge in [0.1, 0.15) is 0 Å². The van der Waals surface area contributed by atoms with Crippen LogP contribution in [-0.2, 0) is 6.54 Å². The molecule has 0 amide bonds. The lowest BCUT2D eigenvalue weighted by Gasteiger charge is -2.19. The summed E-state index contributed by atoms with van der Waals surface area (Å²) in [5.74, 6) is 0.407. The van der Waals surface area contributed by atoms with Gasteiger partial charge in [-0.3, -0.25) is 4.98 Å². The van der Waals surface area contributed by atoms with Crippen molar-refractivity contribution in [1.82, 2.24) is 10.3 Å². The first-order valence-corrected chi connectivity index (χ1v) is 7.95. The molecule has 0 bridgehead atoms. The summed E-state index contributed by atoms with van der Waals surface area (Å²) in [6, 6.07) is 8.68. The number of pyridine rings is 1. The van der Waals surface area contributed by atoms with Crippen LogP contribution in [0.1, 0.15) is 24.8 Å². The van der Waals surface area contributed by atoms with Crippen LogP contribution in [0.3, 0.4) is 0 Å².